The first-order chi connectivity index (χ1) is 6.53. The molecule has 78 valence electrons. The largest absolute Gasteiger partial charge is 0.290 e. The van der Waals surface area contributed by atoms with Crippen molar-refractivity contribution in [1.29, 1.82) is 0 Å². The van der Waals surface area contributed by atoms with E-state index in [9.17, 15) is 8.42 Å². The van der Waals surface area contributed by atoms with Crippen LogP contribution in [0.15, 0.2) is 24.3 Å². The molecule has 0 aliphatic rings. The molecule has 0 amide bonds. The average Bonchev–Trinajstić information content (AvgIpc) is 2.02. The number of aryl methyl sites for hydroxylation is 1. The summed E-state index contributed by atoms with van der Waals surface area (Å²) in [6, 6.07) is 7.34. The molecule has 1 aromatic carbocycles. The summed E-state index contributed by atoms with van der Waals surface area (Å²) in [7, 11) is -2.10. The molecule has 0 saturated carbocycles. The summed E-state index contributed by atoms with van der Waals surface area (Å²) in [4.78, 5) is 6.33. The molecule has 0 radical (unpaired) electrons. The molecule has 14 heavy (non-hydrogen) atoms. The second kappa shape index (κ2) is 4.54. The zero-order valence-electron chi connectivity index (χ0n) is 8.15. The third-order valence-corrected chi connectivity index (χ3v) is 2.78. The van der Waals surface area contributed by atoms with E-state index in [1.807, 2.05) is 30.0 Å². The zero-order valence-corrected chi connectivity index (χ0v) is 8.97. The van der Waals surface area contributed by atoms with Gasteiger partial charge in [-0.05, 0) is 12.5 Å². The van der Waals surface area contributed by atoms with Crippen molar-refractivity contribution in [1.82, 2.24) is 4.89 Å². The maximum Gasteiger partial charge on any atom is 0.237 e. The second-order valence-corrected chi connectivity index (χ2v) is 4.72. The van der Waals surface area contributed by atoms with Crippen molar-refractivity contribution >= 4 is 10.0 Å². The highest BCUT2D eigenvalue weighted by atomic mass is 32.2. The van der Waals surface area contributed by atoms with E-state index < -0.39 is 10.0 Å². The minimum atomic E-state index is -3.37. The maximum atomic E-state index is 11.3. The molecule has 0 saturated heterocycles. The Hall–Kier alpha value is -0.910. The summed E-state index contributed by atoms with van der Waals surface area (Å²) in [6.07, 6.45) is 0. The van der Waals surface area contributed by atoms with Crippen LogP contribution < -0.4 is 4.89 Å². The molecule has 0 spiro atoms. The lowest BCUT2D eigenvalue weighted by Gasteiger charge is -2.04. The highest BCUT2D eigenvalue weighted by molar-refractivity contribution is 7.88. The molecule has 0 unspecified atom stereocenters. The van der Waals surface area contributed by atoms with Crippen LogP contribution in [0.1, 0.15) is 11.1 Å². The minimum Gasteiger partial charge on any atom is -0.290 e. The molecular weight excluding hydrogens is 202 g/mol. The Bertz CT molecular complexity index is 400. The fourth-order valence-corrected chi connectivity index (χ4v) is 2.11. The number of nitrogens with one attached hydrogen (secondary N) is 1. The lowest BCUT2D eigenvalue weighted by Crippen LogP contribution is -2.23. The molecule has 0 aromatic heterocycles. The fraction of sp³-hybridized carbons (Fsp3) is 0.333. The van der Waals surface area contributed by atoms with Crippen molar-refractivity contribution in [3.8, 4) is 0 Å². The number of benzene rings is 1. The molecule has 0 fully saturated rings. The summed E-state index contributed by atoms with van der Waals surface area (Å²) < 4.78 is 22.6. The van der Waals surface area contributed by atoms with E-state index in [4.69, 9.17) is 0 Å². The van der Waals surface area contributed by atoms with E-state index in [0.717, 1.165) is 11.1 Å². The summed E-state index contributed by atoms with van der Waals surface area (Å²) in [5.41, 5.74) is 1.78. The van der Waals surface area contributed by atoms with Crippen LogP contribution in [0.25, 0.3) is 0 Å². The smallest absolute Gasteiger partial charge is 0.237 e. The summed E-state index contributed by atoms with van der Waals surface area (Å²) >= 11 is 0. The fourth-order valence-electron chi connectivity index (χ4n) is 1.18. The molecule has 5 heteroatoms. The molecular formula is C9H13NO3S. The van der Waals surface area contributed by atoms with Gasteiger partial charge < -0.3 is 0 Å². The van der Waals surface area contributed by atoms with E-state index in [1.54, 1.807) is 6.07 Å². The van der Waals surface area contributed by atoms with Gasteiger partial charge in [0.2, 0.25) is 10.0 Å². The standard InChI is InChI=1S/C9H13NO3S/c1-8-4-3-5-9(6-8)7-14(11,12)10-13-2/h3-6,10H,7H2,1-2H3. The first-order valence-corrected chi connectivity index (χ1v) is 5.77. The van der Waals surface area contributed by atoms with Gasteiger partial charge in [-0.1, -0.05) is 34.7 Å². The molecule has 1 aromatic rings. The van der Waals surface area contributed by atoms with E-state index in [1.165, 1.54) is 7.11 Å². The van der Waals surface area contributed by atoms with Crippen LogP contribution in [0.4, 0.5) is 0 Å². The predicted octanol–water partition coefficient (Wildman–Crippen LogP) is 0.976. The lowest BCUT2D eigenvalue weighted by molar-refractivity contribution is 0.153. The van der Waals surface area contributed by atoms with Crippen molar-refractivity contribution in [3.63, 3.8) is 0 Å². The summed E-state index contributed by atoms with van der Waals surface area (Å²) in [5, 5.41) is 0. The first-order valence-electron chi connectivity index (χ1n) is 4.11. The third-order valence-electron chi connectivity index (χ3n) is 1.65. The minimum absolute atomic E-state index is 0.0669. The number of hydrogen-bond acceptors (Lipinski definition) is 3. The molecule has 1 rings (SSSR count). The van der Waals surface area contributed by atoms with Crippen LogP contribution in [0.5, 0.6) is 0 Å². The van der Waals surface area contributed by atoms with Gasteiger partial charge in [-0.25, -0.2) is 8.42 Å². The van der Waals surface area contributed by atoms with Crippen LogP contribution in [-0.2, 0) is 20.6 Å². The quantitative estimate of drug-likeness (QED) is 0.762. The Balaban J connectivity index is 2.79. The van der Waals surface area contributed by atoms with E-state index >= 15 is 0 Å². The van der Waals surface area contributed by atoms with Crippen molar-refractivity contribution in [2.45, 2.75) is 12.7 Å². The molecule has 0 aliphatic heterocycles. The van der Waals surface area contributed by atoms with Gasteiger partial charge in [0.25, 0.3) is 0 Å². The van der Waals surface area contributed by atoms with Crippen molar-refractivity contribution < 1.29 is 13.3 Å². The molecule has 0 aliphatic carbocycles. The van der Waals surface area contributed by atoms with Crippen LogP contribution in [-0.4, -0.2) is 15.5 Å². The Morgan fingerprint density at radius 1 is 1.43 bits per heavy atom. The lowest BCUT2D eigenvalue weighted by atomic mass is 10.2. The van der Waals surface area contributed by atoms with E-state index in [2.05, 4.69) is 4.84 Å². The van der Waals surface area contributed by atoms with Crippen molar-refractivity contribution in [3.05, 3.63) is 35.4 Å². The van der Waals surface area contributed by atoms with Gasteiger partial charge in [0, 0.05) is 0 Å². The van der Waals surface area contributed by atoms with Crippen molar-refractivity contribution in [2.24, 2.45) is 0 Å². The topological polar surface area (TPSA) is 55.4 Å². The van der Waals surface area contributed by atoms with Crippen LogP contribution in [0.2, 0.25) is 0 Å². The summed E-state index contributed by atoms with van der Waals surface area (Å²) in [5.74, 6) is -0.0669. The number of rotatable bonds is 4. The van der Waals surface area contributed by atoms with Gasteiger partial charge in [-0.3, -0.25) is 4.84 Å². The molecule has 0 atom stereocenters. The molecule has 0 heterocycles. The second-order valence-electron chi connectivity index (χ2n) is 3.04. The highest BCUT2D eigenvalue weighted by Gasteiger charge is 2.10. The SMILES string of the molecule is CONS(=O)(=O)Cc1cccc(C)c1. The van der Waals surface area contributed by atoms with Gasteiger partial charge in [0.1, 0.15) is 0 Å². The average molecular weight is 215 g/mol. The monoisotopic (exact) mass is 215 g/mol. The first kappa shape index (κ1) is 11.2. The van der Waals surface area contributed by atoms with Crippen LogP contribution in [0, 0.1) is 6.92 Å². The normalized spacial score (nSPS) is 11.6. The molecule has 1 N–H and O–H groups in total. The van der Waals surface area contributed by atoms with Gasteiger partial charge >= 0.3 is 0 Å². The van der Waals surface area contributed by atoms with E-state index in [-0.39, 0.29) is 5.75 Å². The third kappa shape index (κ3) is 3.45. The van der Waals surface area contributed by atoms with Gasteiger partial charge in [-0.15, -0.1) is 0 Å². The Morgan fingerprint density at radius 2 is 2.14 bits per heavy atom. The molecule has 4 nitrogen and oxygen atoms in total. The Labute approximate surface area is 83.9 Å². The summed E-state index contributed by atoms with van der Waals surface area (Å²) in [6.45, 7) is 1.92. The van der Waals surface area contributed by atoms with E-state index in [0.29, 0.717) is 0 Å². The van der Waals surface area contributed by atoms with Gasteiger partial charge in [0.05, 0.1) is 12.9 Å². The number of hydrogen-bond donors (Lipinski definition) is 1. The maximum absolute atomic E-state index is 11.3. The highest BCUT2D eigenvalue weighted by Crippen LogP contribution is 2.07. The Morgan fingerprint density at radius 3 is 2.71 bits per heavy atom. The zero-order chi connectivity index (χ0) is 10.6. The van der Waals surface area contributed by atoms with Crippen LogP contribution >= 0.6 is 0 Å². The Kier molecular flexibility index (Phi) is 3.62. The predicted molar refractivity (Wildman–Crippen MR) is 53.9 cm³/mol. The molecule has 0 bridgehead atoms. The van der Waals surface area contributed by atoms with Gasteiger partial charge in [0.15, 0.2) is 0 Å². The number of sulfonamides is 1. The van der Waals surface area contributed by atoms with Crippen molar-refractivity contribution in [2.75, 3.05) is 7.11 Å². The van der Waals surface area contributed by atoms with Gasteiger partial charge in [-0.2, -0.15) is 0 Å². The van der Waals surface area contributed by atoms with Crippen LogP contribution in [0.3, 0.4) is 0 Å².